The van der Waals surface area contributed by atoms with Crippen molar-refractivity contribution < 1.29 is 9.18 Å². The highest BCUT2D eigenvalue weighted by Gasteiger charge is 2.20. The molecule has 6 nitrogen and oxygen atoms in total. The molecule has 1 aromatic carbocycles. The summed E-state index contributed by atoms with van der Waals surface area (Å²) in [5.74, 6) is 6.16. The van der Waals surface area contributed by atoms with Crippen molar-refractivity contribution in [3.63, 3.8) is 0 Å². The van der Waals surface area contributed by atoms with Crippen molar-refractivity contribution in [2.45, 2.75) is 37.1 Å². The maximum atomic E-state index is 12.8. The Kier molecular flexibility index (Phi) is 5.02. The number of carbonyl (C=O) groups excluding carboxylic acids is 1. The summed E-state index contributed by atoms with van der Waals surface area (Å²) in [5.41, 5.74) is 0.538. The largest absolute Gasteiger partial charge is 0.336 e. The number of nitrogens with two attached hydrogens (primary N) is 1. The van der Waals surface area contributed by atoms with Crippen molar-refractivity contribution in [1.29, 1.82) is 0 Å². The van der Waals surface area contributed by atoms with Crippen LogP contribution in [0.5, 0.6) is 0 Å². The SMILES string of the molecule is CC(C)c1nnc(S[C@@H](C)C(=O)Nc2ccc(F)cc2)n1N. The van der Waals surface area contributed by atoms with Crippen LogP contribution in [0.3, 0.4) is 0 Å². The third-order valence-corrected chi connectivity index (χ3v) is 4.03. The minimum atomic E-state index is -0.420. The van der Waals surface area contributed by atoms with Crippen molar-refractivity contribution in [2.75, 3.05) is 11.2 Å². The van der Waals surface area contributed by atoms with E-state index >= 15 is 0 Å². The van der Waals surface area contributed by atoms with E-state index in [9.17, 15) is 9.18 Å². The Labute approximate surface area is 132 Å². The van der Waals surface area contributed by atoms with Gasteiger partial charge in [-0.05, 0) is 31.2 Å². The van der Waals surface area contributed by atoms with E-state index in [1.165, 1.54) is 40.7 Å². The summed E-state index contributed by atoms with van der Waals surface area (Å²) < 4.78 is 14.2. The molecule has 0 spiro atoms. The minimum Gasteiger partial charge on any atom is -0.336 e. The molecule has 0 aliphatic heterocycles. The molecular weight excluding hydrogens is 305 g/mol. The highest BCUT2D eigenvalue weighted by Crippen LogP contribution is 2.23. The second-order valence-electron chi connectivity index (χ2n) is 5.12. The van der Waals surface area contributed by atoms with Gasteiger partial charge in [-0.15, -0.1) is 10.2 Å². The van der Waals surface area contributed by atoms with Crippen molar-refractivity contribution in [1.82, 2.24) is 14.9 Å². The van der Waals surface area contributed by atoms with E-state index < -0.39 is 5.25 Å². The predicted octanol–water partition coefficient (Wildman–Crippen LogP) is 2.37. The lowest BCUT2D eigenvalue weighted by Crippen LogP contribution is -2.24. The topological polar surface area (TPSA) is 85.8 Å². The molecule has 1 heterocycles. The molecule has 0 unspecified atom stereocenters. The fourth-order valence-corrected chi connectivity index (χ4v) is 2.53. The zero-order valence-corrected chi connectivity index (χ0v) is 13.4. The number of aromatic nitrogens is 3. The van der Waals surface area contributed by atoms with Crippen LogP contribution in [0.25, 0.3) is 0 Å². The van der Waals surface area contributed by atoms with E-state index in [1.54, 1.807) is 6.92 Å². The number of nitrogen functional groups attached to an aromatic ring is 1. The molecule has 0 bridgehead atoms. The Bertz CT molecular complexity index is 656. The Morgan fingerprint density at radius 3 is 2.45 bits per heavy atom. The van der Waals surface area contributed by atoms with Crippen LogP contribution < -0.4 is 11.2 Å². The van der Waals surface area contributed by atoms with Gasteiger partial charge in [-0.3, -0.25) is 4.79 Å². The van der Waals surface area contributed by atoms with E-state index in [4.69, 9.17) is 5.84 Å². The van der Waals surface area contributed by atoms with Crippen LogP contribution in [0.15, 0.2) is 29.4 Å². The molecule has 0 radical (unpaired) electrons. The number of carbonyl (C=O) groups is 1. The number of hydrogen-bond donors (Lipinski definition) is 2. The van der Waals surface area contributed by atoms with Crippen molar-refractivity contribution in [3.8, 4) is 0 Å². The molecule has 2 aromatic rings. The van der Waals surface area contributed by atoms with Crippen LogP contribution in [0.2, 0.25) is 0 Å². The molecule has 22 heavy (non-hydrogen) atoms. The number of benzene rings is 1. The molecule has 1 aromatic heterocycles. The lowest BCUT2D eigenvalue weighted by molar-refractivity contribution is -0.115. The fraction of sp³-hybridized carbons (Fsp3) is 0.357. The molecule has 0 fully saturated rings. The van der Waals surface area contributed by atoms with Gasteiger partial charge in [-0.25, -0.2) is 9.07 Å². The van der Waals surface area contributed by atoms with Gasteiger partial charge in [0.25, 0.3) is 0 Å². The standard InChI is InChI=1S/C14H18FN5OS/c1-8(2)12-18-19-14(20(12)16)22-9(3)13(21)17-11-6-4-10(15)5-7-11/h4-9H,16H2,1-3H3,(H,17,21)/t9-/m0/s1. The maximum absolute atomic E-state index is 12.8. The third kappa shape index (κ3) is 3.76. The molecule has 0 aliphatic carbocycles. The van der Waals surface area contributed by atoms with Crippen molar-refractivity contribution in [3.05, 3.63) is 35.9 Å². The van der Waals surface area contributed by atoms with E-state index in [0.29, 0.717) is 16.7 Å². The quantitative estimate of drug-likeness (QED) is 0.652. The van der Waals surface area contributed by atoms with Crippen LogP contribution in [0, 0.1) is 5.82 Å². The predicted molar refractivity (Wildman–Crippen MR) is 84.6 cm³/mol. The number of anilines is 1. The number of nitrogens with zero attached hydrogens (tertiary/aromatic N) is 3. The number of nitrogens with one attached hydrogen (secondary N) is 1. The number of halogens is 1. The average molecular weight is 323 g/mol. The first-order valence-electron chi connectivity index (χ1n) is 6.82. The van der Waals surface area contributed by atoms with Gasteiger partial charge in [-0.1, -0.05) is 25.6 Å². The summed E-state index contributed by atoms with van der Waals surface area (Å²) in [6, 6.07) is 5.59. The monoisotopic (exact) mass is 323 g/mol. The Morgan fingerprint density at radius 2 is 1.91 bits per heavy atom. The highest BCUT2D eigenvalue weighted by atomic mass is 32.2. The second-order valence-corrected chi connectivity index (χ2v) is 6.43. The van der Waals surface area contributed by atoms with Gasteiger partial charge >= 0.3 is 0 Å². The number of rotatable bonds is 5. The Hall–Kier alpha value is -2.09. The summed E-state index contributed by atoms with van der Waals surface area (Å²) in [7, 11) is 0. The molecule has 1 amide bonds. The van der Waals surface area contributed by atoms with Gasteiger partial charge in [0.2, 0.25) is 11.1 Å². The highest BCUT2D eigenvalue weighted by molar-refractivity contribution is 8.00. The lowest BCUT2D eigenvalue weighted by atomic mass is 10.2. The molecule has 3 N–H and O–H groups in total. The average Bonchev–Trinajstić information content (AvgIpc) is 2.82. The molecule has 0 saturated carbocycles. The van der Waals surface area contributed by atoms with E-state index in [-0.39, 0.29) is 17.6 Å². The van der Waals surface area contributed by atoms with Crippen LogP contribution in [0.4, 0.5) is 10.1 Å². The van der Waals surface area contributed by atoms with Gasteiger partial charge in [0.15, 0.2) is 5.82 Å². The second kappa shape index (κ2) is 6.78. The number of amides is 1. The van der Waals surface area contributed by atoms with Crippen LogP contribution in [-0.4, -0.2) is 26.0 Å². The molecule has 2 rings (SSSR count). The van der Waals surface area contributed by atoms with E-state index in [0.717, 1.165) is 0 Å². The minimum absolute atomic E-state index is 0.148. The third-order valence-electron chi connectivity index (χ3n) is 2.97. The van der Waals surface area contributed by atoms with Gasteiger partial charge in [0, 0.05) is 11.6 Å². The van der Waals surface area contributed by atoms with Crippen LogP contribution >= 0.6 is 11.8 Å². The van der Waals surface area contributed by atoms with Gasteiger partial charge in [0.1, 0.15) is 5.82 Å². The van der Waals surface area contributed by atoms with Crippen LogP contribution in [-0.2, 0) is 4.79 Å². The van der Waals surface area contributed by atoms with Gasteiger partial charge in [-0.2, -0.15) is 0 Å². The lowest BCUT2D eigenvalue weighted by Gasteiger charge is -2.12. The number of hydrogen-bond acceptors (Lipinski definition) is 5. The maximum Gasteiger partial charge on any atom is 0.237 e. The summed E-state index contributed by atoms with van der Waals surface area (Å²) in [6.07, 6.45) is 0. The first-order chi connectivity index (χ1) is 10.4. The Balaban J connectivity index is 2.01. The summed E-state index contributed by atoms with van der Waals surface area (Å²) in [4.78, 5) is 12.1. The van der Waals surface area contributed by atoms with E-state index in [1.807, 2.05) is 13.8 Å². The first kappa shape index (κ1) is 16.3. The molecule has 0 aliphatic rings. The first-order valence-corrected chi connectivity index (χ1v) is 7.70. The number of thioether (sulfide) groups is 1. The summed E-state index contributed by atoms with van der Waals surface area (Å²) >= 11 is 1.22. The molecule has 0 saturated heterocycles. The zero-order chi connectivity index (χ0) is 16.3. The van der Waals surface area contributed by atoms with Crippen molar-refractivity contribution in [2.24, 2.45) is 0 Å². The fourth-order valence-electron chi connectivity index (χ4n) is 1.75. The zero-order valence-electron chi connectivity index (χ0n) is 12.6. The van der Waals surface area contributed by atoms with E-state index in [2.05, 4.69) is 15.5 Å². The molecule has 118 valence electrons. The van der Waals surface area contributed by atoms with Gasteiger partial charge in [0.05, 0.1) is 5.25 Å². The smallest absolute Gasteiger partial charge is 0.237 e. The molecule has 1 atom stereocenters. The summed E-state index contributed by atoms with van der Waals surface area (Å²) in [5, 5.41) is 10.8. The molecule has 8 heteroatoms. The summed E-state index contributed by atoms with van der Waals surface area (Å²) in [6.45, 7) is 5.67. The normalized spacial score (nSPS) is 12.4. The Morgan fingerprint density at radius 1 is 1.27 bits per heavy atom. The van der Waals surface area contributed by atoms with Crippen LogP contribution in [0.1, 0.15) is 32.5 Å². The van der Waals surface area contributed by atoms with Gasteiger partial charge < -0.3 is 11.2 Å². The molecular formula is C14H18FN5OS. The van der Waals surface area contributed by atoms with Crippen molar-refractivity contribution >= 4 is 23.4 Å².